The second-order valence-corrected chi connectivity index (χ2v) is 5.11. The van der Waals surface area contributed by atoms with Crippen LogP contribution in [0.2, 0.25) is 0 Å². The van der Waals surface area contributed by atoms with Crippen molar-refractivity contribution in [1.82, 2.24) is 0 Å². The number of anilines is 1. The average molecular weight is 301 g/mol. The van der Waals surface area contributed by atoms with E-state index in [0.717, 1.165) is 34.2 Å². The largest absolute Gasteiger partial charge is 0.416 e. The molecule has 4 heteroatoms. The van der Waals surface area contributed by atoms with Crippen LogP contribution in [0.15, 0.2) is 66.7 Å². The lowest BCUT2D eigenvalue weighted by molar-refractivity contribution is -0.137. The van der Waals surface area contributed by atoms with Gasteiger partial charge in [-0.2, -0.15) is 13.2 Å². The van der Waals surface area contributed by atoms with Crippen molar-refractivity contribution in [2.24, 2.45) is 0 Å². The molecule has 0 unspecified atom stereocenters. The van der Waals surface area contributed by atoms with Crippen molar-refractivity contribution in [3.63, 3.8) is 0 Å². The van der Waals surface area contributed by atoms with Gasteiger partial charge in [-0.05, 0) is 40.6 Å². The minimum absolute atomic E-state index is 0.483. The Morgan fingerprint density at radius 3 is 2.14 bits per heavy atom. The lowest BCUT2D eigenvalue weighted by Crippen LogP contribution is -2.05. The van der Waals surface area contributed by atoms with Crippen molar-refractivity contribution < 1.29 is 13.2 Å². The molecule has 0 saturated heterocycles. The fourth-order valence-electron chi connectivity index (χ4n) is 2.31. The summed E-state index contributed by atoms with van der Waals surface area (Å²) in [5.41, 5.74) is 1.13. The third-order valence-corrected chi connectivity index (χ3v) is 3.53. The molecule has 0 saturated carbocycles. The molecule has 0 fully saturated rings. The summed E-state index contributed by atoms with van der Waals surface area (Å²) in [6.07, 6.45) is -4.29. The number of rotatable bonds is 3. The van der Waals surface area contributed by atoms with Gasteiger partial charge in [0.15, 0.2) is 0 Å². The van der Waals surface area contributed by atoms with Gasteiger partial charge in [0.1, 0.15) is 0 Å². The minimum atomic E-state index is -4.29. The molecule has 3 rings (SSSR count). The normalized spacial score (nSPS) is 11.6. The van der Waals surface area contributed by atoms with Crippen LogP contribution < -0.4 is 5.32 Å². The Labute approximate surface area is 126 Å². The van der Waals surface area contributed by atoms with Gasteiger partial charge in [0.05, 0.1) is 5.56 Å². The first-order chi connectivity index (χ1) is 10.5. The molecule has 1 nitrogen and oxygen atoms in total. The molecular formula is C18H14F3N. The number of fused-ring (bicyclic) bond motifs is 1. The van der Waals surface area contributed by atoms with Crippen molar-refractivity contribution in [3.8, 4) is 0 Å². The summed E-state index contributed by atoms with van der Waals surface area (Å²) in [5, 5.41) is 5.51. The first-order valence-electron chi connectivity index (χ1n) is 6.91. The van der Waals surface area contributed by atoms with Gasteiger partial charge in [0.2, 0.25) is 0 Å². The maximum atomic E-state index is 12.5. The van der Waals surface area contributed by atoms with Gasteiger partial charge in [0, 0.05) is 12.2 Å². The van der Waals surface area contributed by atoms with E-state index in [0.29, 0.717) is 6.54 Å². The summed E-state index contributed by atoms with van der Waals surface area (Å²) in [6.45, 7) is 0.483. The van der Waals surface area contributed by atoms with Gasteiger partial charge in [-0.3, -0.25) is 0 Å². The minimum Gasteiger partial charge on any atom is -0.381 e. The number of hydrogen-bond donors (Lipinski definition) is 1. The van der Waals surface area contributed by atoms with Crippen LogP contribution in [0.5, 0.6) is 0 Å². The monoisotopic (exact) mass is 301 g/mol. The van der Waals surface area contributed by atoms with E-state index in [2.05, 4.69) is 5.32 Å². The number of nitrogens with one attached hydrogen (secondary N) is 1. The molecule has 0 spiro atoms. The molecule has 0 aromatic heterocycles. The van der Waals surface area contributed by atoms with Crippen molar-refractivity contribution in [3.05, 3.63) is 77.9 Å². The molecule has 0 aliphatic rings. The summed E-state index contributed by atoms with van der Waals surface area (Å²) in [7, 11) is 0. The highest BCUT2D eigenvalue weighted by atomic mass is 19.4. The number of alkyl halides is 3. The first-order valence-corrected chi connectivity index (χ1v) is 6.91. The van der Waals surface area contributed by atoms with Crippen LogP contribution in [0.3, 0.4) is 0 Å². The third-order valence-electron chi connectivity index (χ3n) is 3.53. The third kappa shape index (κ3) is 3.22. The van der Waals surface area contributed by atoms with Crippen LogP contribution in [0, 0.1) is 0 Å². The van der Waals surface area contributed by atoms with Crippen LogP contribution in [0.25, 0.3) is 10.8 Å². The summed E-state index contributed by atoms with van der Waals surface area (Å²) >= 11 is 0. The van der Waals surface area contributed by atoms with Gasteiger partial charge in [-0.25, -0.2) is 0 Å². The van der Waals surface area contributed by atoms with Crippen molar-refractivity contribution in [2.75, 3.05) is 5.32 Å². The average Bonchev–Trinajstić information content (AvgIpc) is 2.52. The summed E-state index contributed by atoms with van der Waals surface area (Å²) < 4.78 is 37.5. The fraction of sp³-hybridized carbons (Fsp3) is 0.111. The number of halogens is 3. The summed E-state index contributed by atoms with van der Waals surface area (Å²) in [5.74, 6) is 0. The van der Waals surface area contributed by atoms with E-state index in [1.807, 2.05) is 42.5 Å². The molecule has 3 aromatic rings. The topological polar surface area (TPSA) is 12.0 Å². The zero-order valence-electron chi connectivity index (χ0n) is 11.7. The molecule has 0 aliphatic carbocycles. The van der Waals surface area contributed by atoms with Crippen LogP contribution in [0.4, 0.5) is 18.9 Å². The Kier molecular flexibility index (Phi) is 3.75. The van der Waals surface area contributed by atoms with E-state index in [1.165, 1.54) is 12.1 Å². The summed E-state index contributed by atoms with van der Waals surface area (Å²) in [6, 6.07) is 19.2. The molecule has 0 radical (unpaired) electrons. The smallest absolute Gasteiger partial charge is 0.381 e. The number of hydrogen-bond acceptors (Lipinski definition) is 1. The van der Waals surface area contributed by atoms with Crippen molar-refractivity contribution in [1.29, 1.82) is 0 Å². The fourth-order valence-corrected chi connectivity index (χ4v) is 2.31. The number of benzene rings is 3. The molecule has 1 N–H and O–H groups in total. The Bertz CT molecular complexity index is 776. The maximum absolute atomic E-state index is 12.5. The highest BCUT2D eigenvalue weighted by Crippen LogP contribution is 2.29. The second kappa shape index (κ2) is 5.72. The van der Waals surface area contributed by atoms with Gasteiger partial charge >= 0.3 is 6.18 Å². The van der Waals surface area contributed by atoms with E-state index in [4.69, 9.17) is 0 Å². The molecule has 0 amide bonds. The first kappa shape index (κ1) is 14.4. The van der Waals surface area contributed by atoms with Crippen molar-refractivity contribution in [2.45, 2.75) is 12.7 Å². The molecular weight excluding hydrogens is 287 g/mol. The van der Waals surface area contributed by atoms with Gasteiger partial charge in [0.25, 0.3) is 0 Å². The van der Waals surface area contributed by atoms with Gasteiger partial charge in [-0.1, -0.05) is 42.5 Å². The van der Waals surface area contributed by atoms with E-state index >= 15 is 0 Å². The molecule has 0 aliphatic heterocycles. The van der Waals surface area contributed by atoms with Crippen LogP contribution in [-0.4, -0.2) is 0 Å². The Hall–Kier alpha value is -2.49. The Morgan fingerprint density at radius 2 is 1.45 bits per heavy atom. The lowest BCUT2D eigenvalue weighted by atomic mass is 10.1. The Balaban J connectivity index is 1.71. The lowest BCUT2D eigenvalue weighted by Gasteiger charge is -2.10. The van der Waals surface area contributed by atoms with E-state index in [9.17, 15) is 13.2 Å². The van der Waals surface area contributed by atoms with Crippen LogP contribution in [0.1, 0.15) is 11.1 Å². The van der Waals surface area contributed by atoms with Crippen molar-refractivity contribution >= 4 is 16.5 Å². The summed E-state index contributed by atoms with van der Waals surface area (Å²) in [4.78, 5) is 0. The SMILES string of the molecule is FC(F)(F)c1ccc(CNc2ccc3ccccc3c2)cc1. The van der Waals surface area contributed by atoms with Crippen LogP contribution >= 0.6 is 0 Å². The molecule has 112 valence electrons. The quantitative estimate of drug-likeness (QED) is 0.676. The van der Waals surface area contributed by atoms with Gasteiger partial charge in [-0.15, -0.1) is 0 Å². The second-order valence-electron chi connectivity index (χ2n) is 5.11. The van der Waals surface area contributed by atoms with E-state index in [-0.39, 0.29) is 0 Å². The standard InChI is InChI=1S/C18H14F3N/c19-18(20,21)16-8-5-13(6-9-16)12-22-17-10-7-14-3-1-2-4-15(14)11-17/h1-11,22H,12H2. The molecule has 0 bridgehead atoms. The van der Waals surface area contributed by atoms with Crippen LogP contribution in [-0.2, 0) is 12.7 Å². The molecule has 0 heterocycles. The molecule has 0 atom stereocenters. The maximum Gasteiger partial charge on any atom is 0.416 e. The highest BCUT2D eigenvalue weighted by Gasteiger charge is 2.29. The predicted octanol–water partition coefficient (Wildman–Crippen LogP) is 5.47. The highest BCUT2D eigenvalue weighted by molar-refractivity contribution is 5.85. The zero-order chi connectivity index (χ0) is 15.6. The van der Waals surface area contributed by atoms with Gasteiger partial charge < -0.3 is 5.32 Å². The Morgan fingerprint density at radius 1 is 0.773 bits per heavy atom. The van der Waals surface area contributed by atoms with E-state index < -0.39 is 11.7 Å². The molecule has 22 heavy (non-hydrogen) atoms. The van der Waals surface area contributed by atoms with E-state index in [1.54, 1.807) is 0 Å². The predicted molar refractivity (Wildman–Crippen MR) is 82.7 cm³/mol. The zero-order valence-corrected chi connectivity index (χ0v) is 11.7. The molecule has 3 aromatic carbocycles.